The molecule has 0 radical (unpaired) electrons. The Labute approximate surface area is 113 Å². The van der Waals surface area contributed by atoms with E-state index in [-0.39, 0.29) is 0 Å². The molecule has 1 N–H and O–H groups in total. The van der Waals surface area contributed by atoms with Crippen LogP contribution in [-0.4, -0.2) is 22.4 Å². The minimum Gasteiger partial charge on any atom is -0.362 e. The zero-order valence-corrected chi connectivity index (χ0v) is 11.7. The van der Waals surface area contributed by atoms with E-state index >= 15 is 0 Å². The maximum Gasteiger partial charge on any atom is 0.156 e. The van der Waals surface area contributed by atoms with Crippen molar-refractivity contribution >= 4 is 16.9 Å². The third kappa shape index (κ3) is 4.33. The number of thioether (sulfide) groups is 1. The van der Waals surface area contributed by atoms with Crippen LogP contribution in [0.4, 0.5) is 0 Å². The first-order valence-corrected chi connectivity index (χ1v) is 7.86. The largest absolute Gasteiger partial charge is 0.362 e. The van der Waals surface area contributed by atoms with Crippen LogP contribution in [0, 0.1) is 0 Å². The van der Waals surface area contributed by atoms with Crippen LogP contribution in [0.2, 0.25) is 0 Å². The van der Waals surface area contributed by atoms with E-state index in [0.717, 1.165) is 10.9 Å². The Hall–Kier alpha value is -1.03. The van der Waals surface area contributed by atoms with Gasteiger partial charge >= 0.3 is 0 Å². The lowest BCUT2D eigenvalue weighted by atomic mass is 9.96. The number of hydrogen-bond acceptors (Lipinski definition) is 3. The molecule has 1 aliphatic rings. The lowest BCUT2D eigenvalue weighted by Gasteiger charge is -2.23. The summed E-state index contributed by atoms with van der Waals surface area (Å²) in [5, 5.41) is 4.61. The molecule has 0 saturated heterocycles. The maximum absolute atomic E-state index is 4.61. The first-order valence-electron chi connectivity index (χ1n) is 6.63. The van der Waals surface area contributed by atoms with Crippen LogP contribution < -0.4 is 5.32 Å². The summed E-state index contributed by atoms with van der Waals surface area (Å²) in [6.07, 6.45) is 10.5. The lowest BCUT2D eigenvalue weighted by molar-refractivity contribution is 0.415. The highest BCUT2D eigenvalue weighted by molar-refractivity contribution is 8.13. The van der Waals surface area contributed by atoms with E-state index in [2.05, 4.69) is 21.5 Å². The zero-order chi connectivity index (χ0) is 12.6. The van der Waals surface area contributed by atoms with Crippen molar-refractivity contribution in [3.05, 3.63) is 30.1 Å². The number of nitrogens with one attached hydrogen (secondary N) is 1. The highest BCUT2D eigenvalue weighted by Gasteiger charge is 2.14. The molecule has 2 rings (SSSR count). The highest BCUT2D eigenvalue weighted by Crippen LogP contribution is 2.18. The number of pyridine rings is 1. The Balaban J connectivity index is 1.87. The van der Waals surface area contributed by atoms with Crippen LogP contribution >= 0.6 is 11.8 Å². The van der Waals surface area contributed by atoms with E-state index in [1.165, 1.54) is 32.1 Å². The van der Waals surface area contributed by atoms with E-state index in [1.54, 1.807) is 11.8 Å². The van der Waals surface area contributed by atoms with Gasteiger partial charge in [-0.2, -0.15) is 0 Å². The van der Waals surface area contributed by atoms with Gasteiger partial charge in [-0.05, 0) is 31.2 Å². The van der Waals surface area contributed by atoms with Gasteiger partial charge in [0.25, 0.3) is 0 Å². The number of hydrogen-bond donors (Lipinski definition) is 1. The van der Waals surface area contributed by atoms with Crippen molar-refractivity contribution in [1.82, 2.24) is 10.3 Å². The molecule has 0 unspecified atom stereocenters. The number of aliphatic imine (C=N–C) groups is 1. The average molecular weight is 263 g/mol. The Bertz CT molecular complexity index is 372. The summed E-state index contributed by atoms with van der Waals surface area (Å²) in [6, 6.07) is 6.57. The second-order valence-electron chi connectivity index (χ2n) is 4.63. The second kappa shape index (κ2) is 7.41. The van der Waals surface area contributed by atoms with E-state index in [1.807, 2.05) is 24.4 Å². The normalized spacial score (nSPS) is 17.7. The number of rotatable bonds is 3. The van der Waals surface area contributed by atoms with Crippen LogP contribution in [0.25, 0.3) is 0 Å². The average Bonchev–Trinajstić information content (AvgIpc) is 2.45. The third-order valence-corrected chi connectivity index (χ3v) is 3.87. The maximum atomic E-state index is 4.61. The minimum atomic E-state index is 0.619. The second-order valence-corrected chi connectivity index (χ2v) is 5.42. The Morgan fingerprint density at radius 3 is 2.89 bits per heavy atom. The number of nitrogens with zero attached hydrogens (tertiary/aromatic N) is 2. The SMILES string of the molecule is CSC(=NCc1ccccn1)NC1CCCCC1. The molecule has 0 amide bonds. The van der Waals surface area contributed by atoms with Crippen molar-refractivity contribution < 1.29 is 0 Å². The molecule has 0 bridgehead atoms. The summed E-state index contributed by atoms with van der Waals surface area (Å²) in [4.78, 5) is 8.90. The number of aromatic nitrogens is 1. The predicted molar refractivity (Wildman–Crippen MR) is 78.9 cm³/mol. The van der Waals surface area contributed by atoms with Crippen LogP contribution in [0.1, 0.15) is 37.8 Å². The van der Waals surface area contributed by atoms with Crippen LogP contribution in [-0.2, 0) is 6.54 Å². The Kier molecular flexibility index (Phi) is 5.52. The van der Waals surface area contributed by atoms with Gasteiger partial charge in [-0.1, -0.05) is 37.1 Å². The molecular formula is C14H21N3S. The molecule has 1 aromatic rings. The van der Waals surface area contributed by atoms with Crippen molar-refractivity contribution in [3.63, 3.8) is 0 Å². The number of amidine groups is 1. The summed E-state index contributed by atoms with van der Waals surface area (Å²) < 4.78 is 0. The molecule has 0 aromatic carbocycles. The van der Waals surface area contributed by atoms with Crippen molar-refractivity contribution in [3.8, 4) is 0 Å². The molecular weight excluding hydrogens is 242 g/mol. The lowest BCUT2D eigenvalue weighted by Crippen LogP contribution is -2.34. The zero-order valence-electron chi connectivity index (χ0n) is 10.9. The first-order chi connectivity index (χ1) is 8.88. The van der Waals surface area contributed by atoms with E-state index in [4.69, 9.17) is 0 Å². The predicted octanol–water partition coefficient (Wildman–Crippen LogP) is 3.22. The van der Waals surface area contributed by atoms with Gasteiger partial charge in [0.15, 0.2) is 5.17 Å². The molecule has 0 atom stereocenters. The van der Waals surface area contributed by atoms with E-state index in [9.17, 15) is 0 Å². The van der Waals surface area contributed by atoms with Crippen LogP contribution in [0.15, 0.2) is 29.4 Å². The molecule has 18 heavy (non-hydrogen) atoms. The molecule has 3 nitrogen and oxygen atoms in total. The Morgan fingerprint density at radius 2 is 2.22 bits per heavy atom. The molecule has 0 spiro atoms. The molecule has 1 aliphatic carbocycles. The third-order valence-electron chi connectivity index (χ3n) is 3.24. The van der Waals surface area contributed by atoms with Gasteiger partial charge in [0.05, 0.1) is 12.2 Å². The molecule has 0 aliphatic heterocycles. The van der Waals surface area contributed by atoms with Crippen molar-refractivity contribution in [2.45, 2.75) is 44.7 Å². The Morgan fingerprint density at radius 1 is 1.39 bits per heavy atom. The summed E-state index contributed by atoms with van der Waals surface area (Å²) in [5.74, 6) is 0. The quantitative estimate of drug-likeness (QED) is 0.672. The smallest absolute Gasteiger partial charge is 0.156 e. The molecule has 1 heterocycles. The van der Waals surface area contributed by atoms with E-state index < -0.39 is 0 Å². The molecule has 1 aromatic heterocycles. The van der Waals surface area contributed by atoms with Gasteiger partial charge in [0, 0.05) is 12.2 Å². The first kappa shape index (κ1) is 13.4. The summed E-state index contributed by atoms with van der Waals surface area (Å²) in [6.45, 7) is 0.663. The molecule has 1 saturated carbocycles. The summed E-state index contributed by atoms with van der Waals surface area (Å²) >= 11 is 1.69. The van der Waals surface area contributed by atoms with Gasteiger partial charge in [0.2, 0.25) is 0 Å². The fourth-order valence-corrected chi connectivity index (χ4v) is 2.71. The van der Waals surface area contributed by atoms with Gasteiger partial charge in [-0.25, -0.2) is 0 Å². The summed E-state index contributed by atoms with van der Waals surface area (Å²) in [5.41, 5.74) is 1.02. The highest BCUT2D eigenvalue weighted by atomic mass is 32.2. The van der Waals surface area contributed by atoms with Crippen molar-refractivity contribution in [1.29, 1.82) is 0 Å². The molecule has 98 valence electrons. The van der Waals surface area contributed by atoms with E-state index in [0.29, 0.717) is 12.6 Å². The van der Waals surface area contributed by atoms with Crippen LogP contribution in [0.3, 0.4) is 0 Å². The monoisotopic (exact) mass is 263 g/mol. The fraction of sp³-hybridized carbons (Fsp3) is 0.571. The van der Waals surface area contributed by atoms with Crippen molar-refractivity contribution in [2.24, 2.45) is 4.99 Å². The minimum absolute atomic E-state index is 0.619. The topological polar surface area (TPSA) is 37.3 Å². The fourth-order valence-electron chi connectivity index (χ4n) is 2.24. The van der Waals surface area contributed by atoms with Gasteiger partial charge < -0.3 is 5.32 Å². The van der Waals surface area contributed by atoms with Crippen molar-refractivity contribution in [2.75, 3.05) is 6.26 Å². The summed E-state index contributed by atoms with van der Waals surface area (Å²) in [7, 11) is 0. The van der Waals surface area contributed by atoms with Gasteiger partial charge in [-0.3, -0.25) is 9.98 Å². The van der Waals surface area contributed by atoms with Gasteiger partial charge in [-0.15, -0.1) is 0 Å². The van der Waals surface area contributed by atoms with Crippen LogP contribution in [0.5, 0.6) is 0 Å². The standard InChI is InChI=1S/C14H21N3S/c1-18-14(17-12-7-3-2-4-8-12)16-11-13-9-5-6-10-15-13/h5-6,9-10,12H,2-4,7-8,11H2,1H3,(H,16,17). The van der Waals surface area contributed by atoms with Gasteiger partial charge in [0.1, 0.15) is 0 Å². The molecule has 1 fully saturated rings. The molecule has 4 heteroatoms.